The topological polar surface area (TPSA) is 186 Å². The molecule has 0 saturated carbocycles. The van der Waals surface area contributed by atoms with E-state index in [9.17, 15) is 33.9 Å². The number of aliphatic hydroxyl groups is 2. The van der Waals surface area contributed by atoms with Gasteiger partial charge < -0.3 is 34.6 Å². The number of carbonyl (C=O) groups is 6. The maximum atomic E-state index is 13.4. The fourth-order valence-electron chi connectivity index (χ4n) is 3.05. The van der Waals surface area contributed by atoms with Crippen LogP contribution >= 0.6 is 79.4 Å². The zero-order valence-electron chi connectivity index (χ0n) is 20.9. The van der Waals surface area contributed by atoms with Crippen molar-refractivity contribution in [1.82, 2.24) is 4.90 Å². The predicted molar refractivity (Wildman–Crippen MR) is 161 cm³/mol. The van der Waals surface area contributed by atoms with E-state index in [-0.39, 0.29) is 34.1 Å². The SMILES string of the molecule is CC(=O)OCC(OC(C)=O)C(OC(C)=O)C(=O)Nc1c(I)c(C(=O)Cl)c(I)c(C(=O)N(C)CC(O)CO)c1I. The highest BCUT2D eigenvalue weighted by Crippen LogP contribution is 2.37. The van der Waals surface area contributed by atoms with Gasteiger partial charge in [-0.2, -0.15) is 0 Å². The maximum absolute atomic E-state index is 13.4. The molecule has 13 nitrogen and oxygen atoms in total. The molecule has 0 aliphatic rings. The summed E-state index contributed by atoms with van der Waals surface area (Å²) < 4.78 is 15.5. The van der Waals surface area contributed by atoms with Crippen LogP contribution in [0.15, 0.2) is 0 Å². The van der Waals surface area contributed by atoms with Crippen LogP contribution in [0.25, 0.3) is 0 Å². The number of hydrogen-bond donors (Lipinski definition) is 3. The zero-order valence-corrected chi connectivity index (χ0v) is 28.1. The van der Waals surface area contributed by atoms with Gasteiger partial charge in [0.15, 0.2) is 6.10 Å². The molecule has 0 aliphatic heterocycles. The van der Waals surface area contributed by atoms with E-state index in [2.05, 4.69) is 5.32 Å². The summed E-state index contributed by atoms with van der Waals surface area (Å²) in [6.07, 6.45) is -4.56. The third-order valence-corrected chi connectivity index (χ3v) is 8.10. The fourth-order valence-corrected chi connectivity index (χ4v) is 7.94. The van der Waals surface area contributed by atoms with Gasteiger partial charge in [-0.05, 0) is 79.4 Å². The first-order valence-electron chi connectivity index (χ1n) is 10.8. The van der Waals surface area contributed by atoms with Gasteiger partial charge >= 0.3 is 17.9 Å². The van der Waals surface area contributed by atoms with Gasteiger partial charge in [0.25, 0.3) is 17.1 Å². The molecule has 17 heteroatoms. The second-order valence-corrected chi connectivity index (χ2v) is 11.4. The fraction of sp³-hybridized carbons (Fsp3) is 0.455. The molecule has 0 radical (unpaired) electrons. The average molecular weight is 909 g/mol. The number of aliphatic hydroxyl groups excluding tert-OH is 2. The van der Waals surface area contributed by atoms with Crippen molar-refractivity contribution in [3.05, 3.63) is 21.8 Å². The molecular formula is C22H24ClI3N2O11. The van der Waals surface area contributed by atoms with Gasteiger partial charge in [-0.25, -0.2) is 0 Å². The lowest BCUT2D eigenvalue weighted by molar-refractivity contribution is -0.175. The molecule has 0 heterocycles. The number of benzene rings is 1. The van der Waals surface area contributed by atoms with Crippen LogP contribution in [0.5, 0.6) is 0 Å². The Balaban J connectivity index is 3.68. The summed E-state index contributed by atoms with van der Waals surface area (Å²) in [6.45, 7) is 1.67. The number of halogens is 4. The highest BCUT2D eigenvalue weighted by atomic mass is 127. The number of rotatable bonds is 12. The second-order valence-electron chi connectivity index (χ2n) is 7.83. The van der Waals surface area contributed by atoms with Crippen molar-refractivity contribution in [2.75, 3.05) is 32.1 Å². The number of carbonyl (C=O) groups excluding carboxylic acids is 6. The van der Waals surface area contributed by atoms with Gasteiger partial charge in [-0.15, -0.1) is 0 Å². The molecule has 2 amide bonds. The zero-order chi connectivity index (χ0) is 30.2. The number of hydrogen-bond acceptors (Lipinski definition) is 11. The van der Waals surface area contributed by atoms with E-state index in [1.807, 2.05) is 0 Å². The molecule has 0 spiro atoms. The van der Waals surface area contributed by atoms with E-state index in [1.54, 1.807) is 67.8 Å². The third kappa shape index (κ3) is 10.2. The van der Waals surface area contributed by atoms with Gasteiger partial charge in [-0.3, -0.25) is 28.8 Å². The average Bonchev–Trinajstić information content (AvgIpc) is 2.81. The lowest BCUT2D eigenvalue weighted by Crippen LogP contribution is -2.46. The van der Waals surface area contributed by atoms with Crippen LogP contribution in [-0.4, -0.2) is 95.2 Å². The minimum Gasteiger partial charge on any atom is -0.462 e. The molecule has 0 bridgehead atoms. The van der Waals surface area contributed by atoms with E-state index in [0.717, 1.165) is 25.7 Å². The number of nitrogens with one attached hydrogen (secondary N) is 1. The first-order valence-corrected chi connectivity index (χ1v) is 14.4. The number of likely N-dealkylation sites (N-methyl/N-ethyl adjacent to an activating group) is 1. The molecule has 3 atom stereocenters. The molecule has 0 saturated heterocycles. The van der Waals surface area contributed by atoms with Crippen molar-refractivity contribution in [2.24, 2.45) is 0 Å². The highest BCUT2D eigenvalue weighted by molar-refractivity contribution is 14.1. The van der Waals surface area contributed by atoms with E-state index in [1.165, 1.54) is 7.05 Å². The van der Waals surface area contributed by atoms with Gasteiger partial charge in [0.2, 0.25) is 6.10 Å². The first-order chi connectivity index (χ1) is 18.0. The Bertz CT molecular complexity index is 1160. The smallest absolute Gasteiger partial charge is 0.303 e. The molecule has 3 N–H and O–H groups in total. The number of anilines is 1. The molecule has 216 valence electrons. The van der Waals surface area contributed by atoms with Crippen molar-refractivity contribution in [1.29, 1.82) is 0 Å². The molecular weight excluding hydrogens is 884 g/mol. The third-order valence-electron chi connectivity index (χ3n) is 4.67. The number of esters is 3. The Morgan fingerprint density at radius 3 is 1.92 bits per heavy atom. The van der Waals surface area contributed by atoms with E-state index < -0.39 is 66.5 Å². The summed E-state index contributed by atoms with van der Waals surface area (Å²) >= 11 is 11.1. The number of ether oxygens (including phenoxy) is 3. The van der Waals surface area contributed by atoms with Crippen molar-refractivity contribution < 1.29 is 53.2 Å². The lowest BCUT2D eigenvalue weighted by atomic mass is 10.1. The van der Waals surface area contributed by atoms with Gasteiger partial charge in [0, 0.05) is 37.9 Å². The van der Waals surface area contributed by atoms with Crippen LogP contribution in [0.1, 0.15) is 41.5 Å². The largest absolute Gasteiger partial charge is 0.462 e. The summed E-state index contributed by atoms with van der Waals surface area (Å²) in [5, 5.41) is 20.4. The summed E-state index contributed by atoms with van der Waals surface area (Å²) in [5.74, 6) is -4.22. The normalized spacial score (nSPS) is 13.0. The Hall–Kier alpha value is -1.36. The van der Waals surface area contributed by atoms with Crippen molar-refractivity contribution >= 4 is 120 Å². The van der Waals surface area contributed by atoms with Gasteiger partial charge in [0.1, 0.15) is 6.61 Å². The maximum Gasteiger partial charge on any atom is 0.303 e. The Labute approximate surface area is 269 Å². The summed E-state index contributed by atoms with van der Waals surface area (Å²) in [7, 11) is 1.36. The summed E-state index contributed by atoms with van der Waals surface area (Å²) in [6, 6.07) is 0. The van der Waals surface area contributed by atoms with Crippen LogP contribution < -0.4 is 5.32 Å². The molecule has 1 aromatic carbocycles. The van der Waals surface area contributed by atoms with Crippen LogP contribution in [0.2, 0.25) is 0 Å². The van der Waals surface area contributed by atoms with E-state index in [4.69, 9.17) is 30.9 Å². The van der Waals surface area contributed by atoms with Crippen molar-refractivity contribution in [3.63, 3.8) is 0 Å². The number of nitrogens with zero attached hydrogens (tertiary/aromatic N) is 1. The van der Waals surface area contributed by atoms with Gasteiger partial charge in [-0.1, -0.05) is 0 Å². The summed E-state index contributed by atoms with van der Waals surface area (Å²) in [4.78, 5) is 74.9. The van der Waals surface area contributed by atoms with Crippen LogP contribution in [-0.2, 0) is 33.4 Å². The monoisotopic (exact) mass is 908 g/mol. The lowest BCUT2D eigenvalue weighted by Gasteiger charge is -2.27. The first kappa shape index (κ1) is 35.7. The molecule has 0 fully saturated rings. The molecule has 0 aliphatic carbocycles. The highest BCUT2D eigenvalue weighted by Gasteiger charge is 2.37. The standard InChI is InChI=1S/C22H24ClI3N2O11/c1-8(30)37-7-12(38-9(2)31)19(39-10(3)32)21(35)27-18-16(25)13(20(23)34)15(24)14(17(18)26)22(36)28(4)5-11(33)6-29/h11-12,19,29,33H,5-7H2,1-4H3,(H,27,35). The van der Waals surface area contributed by atoms with Gasteiger partial charge in [0.05, 0.1) is 36.7 Å². The Kier molecular flexibility index (Phi) is 14.8. The molecule has 39 heavy (non-hydrogen) atoms. The van der Waals surface area contributed by atoms with Crippen molar-refractivity contribution in [3.8, 4) is 0 Å². The molecule has 3 unspecified atom stereocenters. The van der Waals surface area contributed by atoms with Crippen LogP contribution in [0.3, 0.4) is 0 Å². The van der Waals surface area contributed by atoms with Crippen LogP contribution in [0.4, 0.5) is 5.69 Å². The second kappa shape index (κ2) is 16.2. The van der Waals surface area contributed by atoms with E-state index >= 15 is 0 Å². The molecule has 1 rings (SSSR count). The predicted octanol–water partition coefficient (Wildman–Crippen LogP) is 1.67. The minimum atomic E-state index is -1.80. The quantitative estimate of drug-likeness (QED) is 0.120. The van der Waals surface area contributed by atoms with E-state index in [0.29, 0.717) is 0 Å². The molecule has 0 aromatic heterocycles. The summed E-state index contributed by atoms with van der Waals surface area (Å²) in [5.41, 5.74) is -0.186. The minimum absolute atomic E-state index is 0.0379. The Morgan fingerprint density at radius 2 is 1.46 bits per heavy atom. The Morgan fingerprint density at radius 1 is 0.923 bits per heavy atom. The molecule has 1 aromatic rings. The van der Waals surface area contributed by atoms with Crippen LogP contribution in [0, 0.1) is 10.7 Å². The number of amides is 2. The van der Waals surface area contributed by atoms with Crippen molar-refractivity contribution in [2.45, 2.75) is 39.1 Å².